The SMILES string of the molecule is CC(=O)C=C(C)c1cccc(Br)c1. The van der Waals surface area contributed by atoms with Gasteiger partial charge in [0.25, 0.3) is 0 Å². The molecule has 0 amide bonds. The Morgan fingerprint density at radius 1 is 1.38 bits per heavy atom. The molecular weight excluding hydrogens is 228 g/mol. The number of hydrogen-bond acceptors (Lipinski definition) is 1. The summed E-state index contributed by atoms with van der Waals surface area (Å²) in [5.41, 5.74) is 2.07. The molecule has 0 fully saturated rings. The molecule has 0 bridgehead atoms. The van der Waals surface area contributed by atoms with Crippen molar-refractivity contribution >= 4 is 27.3 Å². The van der Waals surface area contributed by atoms with Crippen LogP contribution in [0.1, 0.15) is 19.4 Å². The fraction of sp³-hybridized carbons (Fsp3) is 0.182. The third kappa shape index (κ3) is 3.15. The standard InChI is InChI=1S/C11H11BrO/c1-8(6-9(2)13)10-4-3-5-11(12)7-10/h3-7H,1-2H3. The van der Waals surface area contributed by atoms with Crippen LogP contribution in [0.25, 0.3) is 5.57 Å². The lowest BCUT2D eigenvalue weighted by Gasteiger charge is -2.00. The number of hydrogen-bond donors (Lipinski definition) is 0. The van der Waals surface area contributed by atoms with Gasteiger partial charge >= 0.3 is 0 Å². The molecule has 0 spiro atoms. The zero-order valence-electron chi connectivity index (χ0n) is 7.67. The van der Waals surface area contributed by atoms with E-state index in [0.29, 0.717) is 0 Å². The quantitative estimate of drug-likeness (QED) is 0.722. The highest BCUT2D eigenvalue weighted by Gasteiger charge is 1.97. The summed E-state index contributed by atoms with van der Waals surface area (Å²) in [7, 11) is 0. The van der Waals surface area contributed by atoms with Crippen LogP contribution in [-0.4, -0.2) is 5.78 Å². The van der Waals surface area contributed by atoms with E-state index < -0.39 is 0 Å². The molecule has 0 radical (unpaired) electrons. The number of carbonyl (C=O) groups is 1. The maximum Gasteiger partial charge on any atom is 0.152 e. The largest absolute Gasteiger partial charge is 0.295 e. The van der Waals surface area contributed by atoms with Crippen molar-refractivity contribution in [1.82, 2.24) is 0 Å². The smallest absolute Gasteiger partial charge is 0.152 e. The van der Waals surface area contributed by atoms with Crippen LogP contribution in [0.15, 0.2) is 34.8 Å². The molecule has 1 aromatic rings. The second kappa shape index (κ2) is 4.38. The van der Waals surface area contributed by atoms with Gasteiger partial charge in [0.1, 0.15) is 0 Å². The van der Waals surface area contributed by atoms with Crippen molar-refractivity contribution in [3.05, 3.63) is 40.4 Å². The molecule has 2 heteroatoms. The fourth-order valence-electron chi connectivity index (χ4n) is 1.12. The molecule has 0 N–H and O–H groups in total. The molecule has 0 unspecified atom stereocenters. The molecule has 0 saturated heterocycles. The fourth-order valence-corrected chi connectivity index (χ4v) is 1.52. The van der Waals surface area contributed by atoms with Crippen molar-refractivity contribution in [3.8, 4) is 0 Å². The van der Waals surface area contributed by atoms with Gasteiger partial charge in [0.15, 0.2) is 5.78 Å². The van der Waals surface area contributed by atoms with E-state index >= 15 is 0 Å². The van der Waals surface area contributed by atoms with Crippen molar-refractivity contribution in [2.75, 3.05) is 0 Å². The maximum atomic E-state index is 10.8. The zero-order chi connectivity index (χ0) is 9.84. The molecule has 0 saturated carbocycles. The van der Waals surface area contributed by atoms with E-state index in [1.807, 2.05) is 31.2 Å². The van der Waals surface area contributed by atoms with Gasteiger partial charge in [-0.25, -0.2) is 0 Å². The minimum absolute atomic E-state index is 0.0810. The summed E-state index contributed by atoms with van der Waals surface area (Å²) in [6.45, 7) is 3.49. The third-order valence-corrected chi connectivity index (χ3v) is 2.19. The van der Waals surface area contributed by atoms with Gasteiger partial charge in [0.05, 0.1) is 0 Å². The molecule has 0 aliphatic rings. The van der Waals surface area contributed by atoms with Crippen molar-refractivity contribution in [2.45, 2.75) is 13.8 Å². The van der Waals surface area contributed by atoms with Gasteiger partial charge in [-0.15, -0.1) is 0 Å². The first-order valence-corrected chi connectivity index (χ1v) is 4.83. The van der Waals surface area contributed by atoms with Crippen molar-refractivity contribution < 1.29 is 4.79 Å². The molecular formula is C11H11BrO. The zero-order valence-corrected chi connectivity index (χ0v) is 9.26. The summed E-state index contributed by atoms with van der Waals surface area (Å²) >= 11 is 3.38. The van der Waals surface area contributed by atoms with Gasteiger partial charge in [0.2, 0.25) is 0 Å². The monoisotopic (exact) mass is 238 g/mol. The highest BCUT2D eigenvalue weighted by Crippen LogP contribution is 2.18. The van der Waals surface area contributed by atoms with E-state index in [1.54, 1.807) is 13.0 Å². The van der Waals surface area contributed by atoms with Crippen LogP contribution in [0.4, 0.5) is 0 Å². The lowest BCUT2D eigenvalue weighted by molar-refractivity contribution is -0.112. The predicted octanol–water partition coefficient (Wildman–Crippen LogP) is 3.44. The molecule has 0 atom stereocenters. The Morgan fingerprint density at radius 3 is 2.62 bits per heavy atom. The van der Waals surface area contributed by atoms with Gasteiger partial charge in [-0.3, -0.25) is 4.79 Å². The Hall–Kier alpha value is -0.890. The minimum atomic E-state index is 0.0810. The van der Waals surface area contributed by atoms with Crippen LogP contribution >= 0.6 is 15.9 Å². The van der Waals surface area contributed by atoms with E-state index in [0.717, 1.165) is 15.6 Å². The summed E-state index contributed by atoms with van der Waals surface area (Å²) in [4.78, 5) is 10.8. The molecule has 0 aromatic heterocycles. The van der Waals surface area contributed by atoms with Gasteiger partial charge in [-0.05, 0) is 43.2 Å². The first-order chi connectivity index (χ1) is 6.09. The lowest BCUT2D eigenvalue weighted by Crippen LogP contribution is -1.85. The number of carbonyl (C=O) groups excluding carboxylic acids is 1. The summed E-state index contributed by atoms with van der Waals surface area (Å²) < 4.78 is 1.03. The molecule has 1 rings (SSSR count). The first kappa shape index (κ1) is 10.2. The number of rotatable bonds is 2. The first-order valence-electron chi connectivity index (χ1n) is 4.04. The van der Waals surface area contributed by atoms with Crippen LogP contribution in [0.3, 0.4) is 0 Å². The van der Waals surface area contributed by atoms with E-state index in [4.69, 9.17) is 0 Å². The second-order valence-electron chi connectivity index (χ2n) is 2.95. The van der Waals surface area contributed by atoms with Crippen LogP contribution in [0.2, 0.25) is 0 Å². The summed E-state index contributed by atoms with van der Waals surface area (Å²) in [5, 5.41) is 0. The molecule has 68 valence electrons. The number of allylic oxidation sites excluding steroid dienone is 2. The topological polar surface area (TPSA) is 17.1 Å². The van der Waals surface area contributed by atoms with E-state index in [-0.39, 0.29) is 5.78 Å². The third-order valence-electron chi connectivity index (χ3n) is 1.70. The van der Waals surface area contributed by atoms with E-state index in [1.165, 1.54) is 0 Å². The van der Waals surface area contributed by atoms with Crippen LogP contribution in [0.5, 0.6) is 0 Å². The normalized spacial score (nSPS) is 11.5. The van der Waals surface area contributed by atoms with Crippen molar-refractivity contribution in [1.29, 1.82) is 0 Å². The summed E-state index contributed by atoms with van der Waals surface area (Å²) in [5.74, 6) is 0.0810. The predicted molar refractivity (Wildman–Crippen MR) is 58.5 cm³/mol. The molecule has 1 nitrogen and oxygen atoms in total. The molecule has 0 aliphatic heterocycles. The van der Waals surface area contributed by atoms with Gasteiger partial charge in [0, 0.05) is 4.47 Å². The molecule has 1 aromatic carbocycles. The van der Waals surface area contributed by atoms with Gasteiger partial charge in [-0.2, -0.15) is 0 Å². The number of benzene rings is 1. The lowest BCUT2D eigenvalue weighted by atomic mass is 10.1. The Morgan fingerprint density at radius 2 is 2.08 bits per heavy atom. The highest BCUT2D eigenvalue weighted by atomic mass is 79.9. The minimum Gasteiger partial charge on any atom is -0.295 e. The van der Waals surface area contributed by atoms with Gasteiger partial charge < -0.3 is 0 Å². The van der Waals surface area contributed by atoms with Crippen LogP contribution in [0, 0.1) is 0 Å². The summed E-state index contributed by atoms with van der Waals surface area (Å²) in [6, 6.07) is 7.90. The molecule has 13 heavy (non-hydrogen) atoms. The van der Waals surface area contributed by atoms with E-state index in [2.05, 4.69) is 15.9 Å². The Balaban J connectivity index is 3.02. The van der Waals surface area contributed by atoms with Gasteiger partial charge in [-0.1, -0.05) is 28.1 Å². The maximum absolute atomic E-state index is 10.8. The summed E-state index contributed by atoms with van der Waals surface area (Å²) in [6.07, 6.45) is 1.64. The number of ketones is 1. The van der Waals surface area contributed by atoms with Crippen LogP contribution < -0.4 is 0 Å². The highest BCUT2D eigenvalue weighted by molar-refractivity contribution is 9.10. The van der Waals surface area contributed by atoms with Crippen molar-refractivity contribution in [2.24, 2.45) is 0 Å². The van der Waals surface area contributed by atoms with Crippen molar-refractivity contribution in [3.63, 3.8) is 0 Å². The Bertz CT molecular complexity index is 353. The molecule has 0 heterocycles. The Kier molecular flexibility index (Phi) is 3.43. The molecule has 0 aliphatic carbocycles. The second-order valence-corrected chi connectivity index (χ2v) is 3.86. The number of halogens is 1. The average Bonchev–Trinajstić information content (AvgIpc) is 2.03. The van der Waals surface area contributed by atoms with E-state index in [9.17, 15) is 4.79 Å². The Labute approximate surface area is 86.6 Å². The average molecular weight is 239 g/mol. The van der Waals surface area contributed by atoms with Crippen LogP contribution in [-0.2, 0) is 4.79 Å².